The lowest BCUT2D eigenvalue weighted by molar-refractivity contribution is 0.0203. The average molecular weight is 381 g/mol. The molecule has 0 spiro atoms. The zero-order chi connectivity index (χ0) is 19.3. The Morgan fingerprint density at radius 2 is 2.11 bits per heavy atom. The van der Waals surface area contributed by atoms with Crippen LogP contribution in [0.1, 0.15) is 30.4 Å². The third-order valence-corrected chi connectivity index (χ3v) is 4.55. The summed E-state index contributed by atoms with van der Waals surface area (Å²) in [6.45, 7) is 4.89. The molecule has 0 unspecified atom stereocenters. The number of nitrogens with one attached hydrogen (secondary N) is 2. The number of benzene rings is 1. The summed E-state index contributed by atoms with van der Waals surface area (Å²) < 4.78 is 29.8. The van der Waals surface area contributed by atoms with E-state index in [0.717, 1.165) is 63.8 Å². The quantitative estimate of drug-likeness (QED) is 0.370. The number of hydrogen-bond donors (Lipinski definition) is 2. The monoisotopic (exact) mass is 381 g/mol. The first-order valence-corrected chi connectivity index (χ1v) is 9.59. The minimum Gasteiger partial charge on any atom is -0.381 e. The van der Waals surface area contributed by atoms with Crippen molar-refractivity contribution in [1.29, 1.82) is 0 Å². The number of hydrogen-bond acceptors (Lipinski definition) is 4. The second-order valence-electron chi connectivity index (χ2n) is 6.70. The zero-order valence-electron chi connectivity index (χ0n) is 16.4. The van der Waals surface area contributed by atoms with Crippen molar-refractivity contribution in [3.8, 4) is 0 Å². The van der Waals surface area contributed by atoms with Crippen LogP contribution in [0.4, 0.5) is 4.39 Å². The molecule has 0 saturated carbocycles. The van der Waals surface area contributed by atoms with Crippen molar-refractivity contribution in [3.05, 3.63) is 35.1 Å². The lowest BCUT2D eigenvalue weighted by Gasteiger charge is -2.21. The fourth-order valence-electron chi connectivity index (χ4n) is 2.95. The summed E-state index contributed by atoms with van der Waals surface area (Å²) in [6.07, 6.45) is 3.12. The molecular weight excluding hydrogens is 349 g/mol. The summed E-state index contributed by atoms with van der Waals surface area (Å²) >= 11 is 0. The van der Waals surface area contributed by atoms with Gasteiger partial charge in [0.05, 0.1) is 6.61 Å². The van der Waals surface area contributed by atoms with Gasteiger partial charge in [0.2, 0.25) is 0 Å². The molecule has 6 nitrogen and oxygen atoms in total. The van der Waals surface area contributed by atoms with E-state index in [1.165, 1.54) is 6.07 Å². The van der Waals surface area contributed by atoms with Crippen LogP contribution in [0.5, 0.6) is 0 Å². The first-order chi connectivity index (χ1) is 13.2. The summed E-state index contributed by atoms with van der Waals surface area (Å²) in [6, 6.07) is 5.04. The molecule has 2 rings (SSSR count). The summed E-state index contributed by atoms with van der Waals surface area (Å²) in [5.74, 6) is 1.11. The maximum atomic E-state index is 13.7. The summed E-state index contributed by atoms with van der Waals surface area (Å²) in [5, 5.41) is 6.51. The van der Waals surface area contributed by atoms with Crippen LogP contribution in [0.25, 0.3) is 0 Å². The SMILES string of the molecule is CN=C(NCCCOCC1CCOCC1)NCc1ccc(F)c(COC)c1. The molecule has 1 aromatic rings. The second-order valence-corrected chi connectivity index (χ2v) is 6.70. The predicted octanol–water partition coefficient (Wildman–Crippen LogP) is 2.47. The van der Waals surface area contributed by atoms with Gasteiger partial charge < -0.3 is 24.8 Å². The van der Waals surface area contributed by atoms with Gasteiger partial charge >= 0.3 is 0 Å². The van der Waals surface area contributed by atoms with Gasteiger partial charge in [0, 0.05) is 59.2 Å². The van der Waals surface area contributed by atoms with Gasteiger partial charge in [-0.3, -0.25) is 4.99 Å². The molecule has 0 aliphatic carbocycles. The molecule has 0 amide bonds. The highest BCUT2D eigenvalue weighted by Crippen LogP contribution is 2.14. The molecule has 2 N–H and O–H groups in total. The van der Waals surface area contributed by atoms with Crippen molar-refractivity contribution in [3.63, 3.8) is 0 Å². The molecule has 0 aromatic heterocycles. The Morgan fingerprint density at radius 3 is 2.85 bits per heavy atom. The third kappa shape index (κ3) is 8.24. The highest BCUT2D eigenvalue weighted by atomic mass is 19.1. The van der Waals surface area contributed by atoms with E-state index in [9.17, 15) is 4.39 Å². The Bertz CT molecular complexity index is 578. The van der Waals surface area contributed by atoms with Crippen molar-refractivity contribution in [2.24, 2.45) is 10.9 Å². The van der Waals surface area contributed by atoms with E-state index in [1.807, 2.05) is 6.07 Å². The first-order valence-electron chi connectivity index (χ1n) is 9.59. The summed E-state index contributed by atoms with van der Waals surface area (Å²) in [7, 11) is 3.29. The molecular formula is C20H32FN3O3. The fraction of sp³-hybridized carbons (Fsp3) is 0.650. The maximum Gasteiger partial charge on any atom is 0.191 e. The predicted molar refractivity (Wildman–Crippen MR) is 104 cm³/mol. The van der Waals surface area contributed by atoms with Gasteiger partial charge in [-0.15, -0.1) is 0 Å². The van der Waals surface area contributed by atoms with E-state index < -0.39 is 0 Å². The summed E-state index contributed by atoms with van der Waals surface area (Å²) in [4.78, 5) is 4.21. The van der Waals surface area contributed by atoms with Crippen LogP contribution in [-0.4, -0.2) is 53.1 Å². The number of guanidine groups is 1. The van der Waals surface area contributed by atoms with Crippen molar-refractivity contribution in [2.45, 2.75) is 32.4 Å². The molecule has 27 heavy (non-hydrogen) atoms. The van der Waals surface area contributed by atoms with Gasteiger partial charge in [0.1, 0.15) is 5.82 Å². The van der Waals surface area contributed by atoms with Crippen molar-refractivity contribution >= 4 is 5.96 Å². The van der Waals surface area contributed by atoms with Crippen LogP contribution in [0.2, 0.25) is 0 Å². The van der Waals surface area contributed by atoms with Crippen molar-refractivity contribution < 1.29 is 18.6 Å². The molecule has 152 valence electrons. The maximum absolute atomic E-state index is 13.7. The molecule has 1 heterocycles. The van der Waals surface area contributed by atoms with Gasteiger partial charge in [-0.1, -0.05) is 6.07 Å². The molecule has 0 atom stereocenters. The van der Waals surface area contributed by atoms with Crippen LogP contribution < -0.4 is 10.6 Å². The van der Waals surface area contributed by atoms with Gasteiger partial charge in [-0.25, -0.2) is 4.39 Å². The van der Waals surface area contributed by atoms with Crippen molar-refractivity contribution in [2.75, 3.05) is 47.1 Å². The van der Waals surface area contributed by atoms with Crippen molar-refractivity contribution in [1.82, 2.24) is 10.6 Å². The molecule has 1 saturated heterocycles. The average Bonchev–Trinajstić information content (AvgIpc) is 2.70. The van der Waals surface area contributed by atoms with Gasteiger partial charge in [0.25, 0.3) is 0 Å². The molecule has 1 aliphatic heterocycles. The molecule has 0 bridgehead atoms. The van der Waals surface area contributed by atoms with Gasteiger partial charge in [-0.05, 0) is 42.9 Å². The number of methoxy groups -OCH3 is 1. The normalized spacial score (nSPS) is 15.7. The van der Waals surface area contributed by atoms with Gasteiger partial charge in [-0.2, -0.15) is 0 Å². The zero-order valence-corrected chi connectivity index (χ0v) is 16.4. The van der Waals surface area contributed by atoms with E-state index in [-0.39, 0.29) is 12.4 Å². The Balaban J connectivity index is 1.60. The van der Waals surface area contributed by atoms with E-state index in [0.29, 0.717) is 18.0 Å². The fourth-order valence-corrected chi connectivity index (χ4v) is 2.95. The topological polar surface area (TPSA) is 64.1 Å². The number of nitrogens with zero attached hydrogens (tertiary/aromatic N) is 1. The molecule has 7 heteroatoms. The summed E-state index contributed by atoms with van der Waals surface area (Å²) in [5.41, 5.74) is 1.53. The second kappa shape index (κ2) is 12.6. The Morgan fingerprint density at radius 1 is 1.30 bits per heavy atom. The Labute approximate surface area is 161 Å². The van der Waals surface area contributed by atoms with E-state index >= 15 is 0 Å². The van der Waals surface area contributed by atoms with E-state index in [2.05, 4.69) is 15.6 Å². The number of rotatable bonds is 10. The van der Waals surface area contributed by atoms with Gasteiger partial charge in [0.15, 0.2) is 5.96 Å². The van der Waals surface area contributed by atoms with Crippen LogP contribution >= 0.6 is 0 Å². The van der Waals surface area contributed by atoms with E-state index in [1.54, 1.807) is 20.2 Å². The number of halogens is 1. The lowest BCUT2D eigenvalue weighted by Crippen LogP contribution is -2.37. The van der Waals surface area contributed by atoms with Crippen LogP contribution in [-0.2, 0) is 27.4 Å². The highest BCUT2D eigenvalue weighted by Gasteiger charge is 2.13. The van der Waals surface area contributed by atoms with Crippen LogP contribution in [0, 0.1) is 11.7 Å². The molecule has 1 aromatic carbocycles. The van der Waals surface area contributed by atoms with E-state index in [4.69, 9.17) is 14.2 Å². The van der Waals surface area contributed by atoms with Crippen LogP contribution in [0.15, 0.2) is 23.2 Å². The molecule has 1 aliphatic rings. The smallest absolute Gasteiger partial charge is 0.191 e. The Kier molecular flexibility index (Phi) is 10.1. The third-order valence-electron chi connectivity index (χ3n) is 4.55. The number of ether oxygens (including phenoxy) is 3. The lowest BCUT2D eigenvalue weighted by atomic mass is 10.0. The molecule has 0 radical (unpaired) electrons. The standard InChI is InChI=1S/C20H32FN3O3/c1-22-20(23-8-3-9-27-14-16-6-10-26-11-7-16)24-13-17-4-5-19(21)18(12-17)15-25-2/h4-5,12,16H,3,6-11,13-15H2,1-2H3,(H2,22,23,24). The van der Waals surface area contributed by atoms with Crippen LogP contribution in [0.3, 0.4) is 0 Å². The first kappa shape index (κ1) is 21.6. The highest BCUT2D eigenvalue weighted by molar-refractivity contribution is 5.79. The number of aliphatic imine (C=N–C) groups is 1. The molecule has 1 fully saturated rings. The minimum absolute atomic E-state index is 0.246. The Hall–Kier alpha value is -1.70. The minimum atomic E-state index is -0.246. The largest absolute Gasteiger partial charge is 0.381 e.